The number of hydrogen-bond donors (Lipinski definition) is 1. The van der Waals surface area contributed by atoms with Gasteiger partial charge in [-0.15, -0.1) is 0 Å². The fourth-order valence-electron chi connectivity index (χ4n) is 3.67. The standard InChI is InChI=1S/C24H16Cl2N2O3/c1-13(29)20-19-11-15(24(27)31)9-10-28(19)22(23(30)14-5-3-2-4-6-14)21(20)17-8-7-16(25)12-18(17)26/h2-12H,1H3,(H2,27,31). The predicted molar refractivity (Wildman–Crippen MR) is 121 cm³/mol. The number of carbonyl (C=O) groups excluding carboxylic acids is 3. The second-order valence-corrected chi connectivity index (χ2v) is 7.85. The molecule has 0 aliphatic heterocycles. The highest BCUT2D eigenvalue weighted by molar-refractivity contribution is 6.37. The quantitative estimate of drug-likeness (QED) is 0.410. The van der Waals surface area contributed by atoms with E-state index in [-0.39, 0.29) is 28.4 Å². The minimum absolute atomic E-state index is 0.222. The van der Waals surface area contributed by atoms with Crippen LogP contribution in [0, 0.1) is 0 Å². The Hall–Kier alpha value is -3.41. The van der Waals surface area contributed by atoms with Crippen molar-refractivity contribution in [2.45, 2.75) is 6.92 Å². The second kappa shape index (κ2) is 8.02. The first-order valence-electron chi connectivity index (χ1n) is 9.33. The number of ketones is 2. The number of rotatable bonds is 5. The Morgan fingerprint density at radius 1 is 0.903 bits per heavy atom. The maximum Gasteiger partial charge on any atom is 0.248 e. The molecule has 1 amide bonds. The minimum atomic E-state index is -0.639. The van der Waals surface area contributed by atoms with E-state index >= 15 is 0 Å². The van der Waals surface area contributed by atoms with Crippen molar-refractivity contribution in [3.05, 3.63) is 99.3 Å². The number of primary amides is 1. The number of Topliss-reactive ketones (excluding diaryl/α,β-unsaturated/α-hetero) is 1. The zero-order valence-electron chi connectivity index (χ0n) is 16.4. The van der Waals surface area contributed by atoms with Crippen molar-refractivity contribution in [3.8, 4) is 11.1 Å². The Balaban J connectivity index is 2.17. The van der Waals surface area contributed by atoms with E-state index in [0.717, 1.165) is 0 Å². The van der Waals surface area contributed by atoms with Crippen molar-refractivity contribution >= 4 is 46.2 Å². The van der Waals surface area contributed by atoms with Crippen LogP contribution in [0.5, 0.6) is 0 Å². The average molecular weight is 451 g/mol. The molecule has 2 heterocycles. The minimum Gasteiger partial charge on any atom is -0.366 e. The van der Waals surface area contributed by atoms with Crippen molar-refractivity contribution in [2.75, 3.05) is 0 Å². The number of carbonyl (C=O) groups is 3. The fourth-order valence-corrected chi connectivity index (χ4v) is 4.17. The molecule has 0 saturated carbocycles. The Morgan fingerprint density at radius 2 is 1.61 bits per heavy atom. The molecule has 0 bridgehead atoms. The maximum atomic E-state index is 13.6. The summed E-state index contributed by atoms with van der Waals surface area (Å²) in [5.74, 6) is -1.22. The van der Waals surface area contributed by atoms with Crippen LogP contribution >= 0.6 is 23.2 Å². The van der Waals surface area contributed by atoms with Gasteiger partial charge in [0.1, 0.15) is 5.69 Å². The maximum absolute atomic E-state index is 13.6. The lowest BCUT2D eigenvalue weighted by molar-refractivity contribution is 0.0995. The first-order chi connectivity index (χ1) is 14.8. The predicted octanol–water partition coefficient (Wildman–Crippen LogP) is 5.45. The van der Waals surface area contributed by atoms with Crippen LogP contribution in [0.1, 0.15) is 43.7 Å². The van der Waals surface area contributed by atoms with Gasteiger partial charge in [-0.3, -0.25) is 14.4 Å². The van der Waals surface area contributed by atoms with Gasteiger partial charge < -0.3 is 10.1 Å². The lowest BCUT2D eigenvalue weighted by Gasteiger charge is -2.09. The van der Waals surface area contributed by atoms with Gasteiger partial charge in [-0.25, -0.2) is 0 Å². The Bertz CT molecular complexity index is 1370. The number of hydrogen-bond acceptors (Lipinski definition) is 3. The third-order valence-corrected chi connectivity index (χ3v) is 5.57. The molecule has 0 spiro atoms. The number of nitrogens with zero attached hydrogens (tertiary/aromatic N) is 1. The monoisotopic (exact) mass is 450 g/mol. The highest BCUT2D eigenvalue weighted by Gasteiger charge is 2.28. The van der Waals surface area contributed by atoms with E-state index in [1.54, 1.807) is 53.1 Å². The SMILES string of the molecule is CC(=O)c1c(-c2ccc(Cl)cc2Cl)c(C(=O)c2ccccc2)n2ccc(C(N)=O)cc12. The van der Waals surface area contributed by atoms with E-state index in [1.165, 1.54) is 19.1 Å². The number of amides is 1. The van der Waals surface area contributed by atoms with Crippen LogP contribution in [0.15, 0.2) is 66.9 Å². The molecule has 2 aromatic heterocycles. The van der Waals surface area contributed by atoms with Crippen molar-refractivity contribution in [1.29, 1.82) is 0 Å². The number of nitrogens with two attached hydrogens (primary N) is 1. The second-order valence-electron chi connectivity index (χ2n) is 7.01. The molecule has 0 aliphatic rings. The van der Waals surface area contributed by atoms with Gasteiger partial charge in [0.15, 0.2) is 5.78 Å². The summed E-state index contributed by atoms with van der Waals surface area (Å²) >= 11 is 12.5. The van der Waals surface area contributed by atoms with Crippen molar-refractivity contribution in [3.63, 3.8) is 0 Å². The van der Waals surface area contributed by atoms with Gasteiger partial charge in [-0.05, 0) is 31.2 Å². The summed E-state index contributed by atoms with van der Waals surface area (Å²) in [4.78, 5) is 38.1. The summed E-state index contributed by atoms with van der Waals surface area (Å²) in [5, 5.41) is 0.719. The van der Waals surface area contributed by atoms with Crippen molar-refractivity contribution < 1.29 is 14.4 Å². The number of halogens is 2. The number of benzene rings is 2. The normalized spacial score (nSPS) is 10.9. The highest BCUT2D eigenvalue weighted by Crippen LogP contribution is 2.39. The highest BCUT2D eigenvalue weighted by atomic mass is 35.5. The number of pyridine rings is 1. The van der Waals surface area contributed by atoms with E-state index in [9.17, 15) is 14.4 Å². The van der Waals surface area contributed by atoms with E-state index < -0.39 is 5.91 Å². The van der Waals surface area contributed by atoms with Crippen LogP contribution in [-0.4, -0.2) is 21.9 Å². The number of fused-ring (bicyclic) bond motifs is 1. The summed E-state index contributed by atoms with van der Waals surface area (Å²) in [6.45, 7) is 1.40. The van der Waals surface area contributed by atoms with Gasteiger partial charge in [0, 0.05) is 38.5 Å². The lowest BCUT2D eigenvalue weighted by atomic mass is 9.95. The van der Waals surface area contributed by atoms with Crippen molar-refractivity contribution in [2.24, 2.45) is 5.73 Å². The first-order valence-corrected chi connectivity index (χ1v) is 10.1. The molecule has 0 saturated heterocycles. The molecule has 31 heavy (non-hydrogen) atoms. The van der Waals surface area contributed by atoms with Crippen LogP contribution < -0.4 is 5.73 Å². The van der Waals surface area contributed by atoms with Crippen LogP contribution in [-0.2, 0) is 0 Å². The molecule has 154 valence electrons. The van der Waals surface area contributed by atoms with Gasteiger partial charge in [0.2, 0.25) is 11.7 Å². The van der Waals surface area contributed by atoms with Crippen LogP contribution in [0.4, 0.5) is 0 Å². The molecule has 2 N–H and O–H groups in total. The summed E-state index contributed by atoms with van der Waals surface area (Å²) in [7, 11) is 0. The van der Waals surface area contributed by atoms with Gasteiger partial charge in [0.05, 0.1) is 11.1 Å². The van der Waals surface area contributed by atoms with Crippen LogP contribution in [0.2, 0.25) is 10.0 Å². The molecule has 4 aromatic rings. The lowest BCUT2D eigenvalue weighted by Crippen LogP contribution is -2.12. The smallest absolute Gasteiger partial charge is 0.248 e. The third kappa shape index (κ3) is 3.63. The molecule has 5 nitrogen and oxygen atoms in total. The summed E-state index contributed by atoms with van der Waals surface area (Å²) in [6.07, 6.45) is 1.56. The van der Waals surface area contributed by atoms with Gasteiger partial charge in [-0.2, -0.15) is 0 Å². The zero-order valence-corrected chi connectivity index (χ0v) is 17.9. The van der Waals surface area contributed by atoms with Gasteiger partial charge in [-0.1, -0.05) is 59.6 Å². The van der Waals surface area contributed by atoms with E-state index in [4.69, 9.17) is 28.9 Å². The Kier molecular flexibility index (Phi) is 5.39. The molecule has 2 aromatic carbocycles. The summed E-state index contributed by atoms with van der Waals surface area (Å²) in [5.41, 5.74) is 7.90. The Labute approximate surface area is 188 Å². The molecule has 7 heteroatoms. The molecule has 4 rings (SSSR count). The van der Waals surface area contributed by atoms with E-state index in [0.29, 0.717) is 32.3 Å². The molecule has 0 fully saturated rings. The van der Waals surface area contributed by atoms with Crippen LogP contribution in [0.25, 0.3) is 16.6 Å². The van der Waals surface area contributed by atoms with Crippen molar-refractivity contribution in [1.82, 2.24) is 4.40 Å². The molecular weight excluding hydrogens is 435 g/mol. The fraction of sp³-hybridized carbons (Fsp3) is 0.0417. The molecule has 0 atom stereocenters. The molecule has 0 radical (unpaired) electrons. The first kappa shape index (κ1) is 20.8. The number of aromatic nitrogens is 1. The Morgan fingerprint density at radius 3 is 2.23 bits per heavy atom. The van der Waals surface area contributed by atoms with Gasteiger partial charge >= 0.3 is 0 Å². The largest absolute Gasteiger partial charge is 0.366 e. The molecular formula is C24H16Cl2N2O3. The topological polar surface area (TPSA) is 81.6 Å². The van der Waals surface area contributed by atoms with Crippen LogP contribution in [0.3, 0.4) is 0 Å². The summed E-state index contributed by atoms with van der Waals surface area (Å²) in [6, 6.07) is 16.6. The zero-order chi connectivity index (χ0) is 22.3. The van der Waals surface area contributed by atoms with Gasteiger partial charge in [0.25, 0.3) is 0 Å². The summed E-state index contributed by atoms with van der Waals surface area (Å²) < 4.78 is 1.60. The molecule has 0 aliphatic carbocycles. The third-order valence-electron chi connectivity index (χ3n) is 5.03. The van der Waals surface area contributed by atoms with E-state index in [2.05, 4.69) is 0 Å². The molecule has 0 unspecified atom stereocenters. The average Bonchev–Trinajstić information content (AvgIpc) is 3.08. The van der Waals surface area contributed by atoms with E-state index in [1.807, 2.05) is 6.07 Å².